The molecule has 0 saturated carbocycles. The number of non-ortho nitro benzene ring substituents is 1. The predicted molar refractivity (Wildman–Crippen MR) is 79.8 cm³/mol. The van der Waals surface area contributed by atoms with Gasteiger partial charge in [0.1, 0.15) is 18.2 Å². The van der Waals surface area contributed by atoms with Gasteiger partial charge < -0.3 is 0 Å². The third kappa shape index (κ3) is 3.22. The maximum Gasteiger partial charge on any atom is 0.269 e. The number of nitro benzene ring substituents is 1. The molecule has 9 heteroatoms. The SMILES string of the molecule is N#Cc1ccc(-c2ccc([N+](=O)[O-])cc2)n(CC(=O)NN)c1=O. The third-order valence-corrected chi connectivity index (χ3v) is 3.13. The quantitative estimate of drug-likeness (QED) is 0.359. The number of nitriles is 1. The second kappa shape index (κ2) is 6.50. The number of nitrogens with one attached hydrogen (secondary N) is 1. The molecule has 0 aliphatic rings. The van der Waals surface area contributed by atoms with Crippen LogP contribution in [0.2, 0.25) is 0 Å². The van der Waals surface area contributed by atoms with Gasteiger partial charge in [0, 0.05) is 12.1 Å². The highest BCUT2D eigenvalue weighted by atomic mass is 16.6. The molecule has 0 atom stereocenters. The van der Waals surface area contributed by atoms with E-state index < -0.39 is 16.4 Å². The van der Waals surface area contributed by atoms with Crippen molar-refractivity contribution >= 4 is 11.6 Å². The second-order valence-electron chi connectivity index (χ2n) is 4.51. The van der Waals surface area contributed by atoms with Gasteiger partial charge in [-0.1, -0.05) is 0 Å². The highest BCUT2D eigenvalue weighted by molar-refractivity contribution is 5.76. The van der Waals surface area contributed by atoms with Crippen molar-refractivity contribution in [2.45, 2.75) is 6.54 Å². The summed E-state index contributed by atoms with van der Waals surface area (Å²) in [4.78, 5) is 33.9. The number of hydrazine groups is 1. The number of benzene rings is 1. The molecule has 0 fully saturated rings. The zero-order valence-electron chi connectivity index (χ0n) is 11.7. The normalized spacial score (nSPS) is 9.91. The Labute approximate surface area is 129 Å². The number of carbonyl (C=O) groups is 1. The van der Waals surface area contributed by atoms with Crippen molar-refractivity contribution in [3.05, 3.63) is 62.4 Å². The van der Waals surface area contributed by atoms with E-state index >= 15 is 0 Å². The molecule has 0 aliphatic carbocycles. The number of carbonyl (C=O) groups excluding carboxylic acids is 1. The fourth-order valence-electron chi connectivity index (χ4n) is 2.02. The smallest absolute Gasteiger partial charge is 0.269 e. The topological polar surface area (TPSA) is 144 Å². The maximum absolute atomic E-state index is 12.2. The number of nitro groups is 1. The fraction of sp³-hybridized carbons (Fsp3) is 0.0714. The van der Waals surface area contributed by atoms with Crippen molar-refractivity contribution in [2.24, 2.45) is 5.84 Å². The molecule has 1 heterocycles. The molecule has 23 heavy (non-hydrogen) atoms. The van der Waals surface area contributed by atoms with Gasteiger partial charge in [0.05, 0.1) is 10.6 Å². The van der Waals surface area contributed by atoms with Gasteiger partial charge in [-0.25, -0.2) is 5.84 Å². The number of aromatic nitrogens is 1. The summed E-state index contributed by atoms with van der Waals surface area (Å²) in [6.45, 7) is -0.378. The van der Waals surface area contributed by atoms with E-state index in [9.17, 15) is 19.7 Å². The Morgan fingerprint density at radius 3 is 2.48 bits per heavy atom. The number of rotatable bonds is 4. The van der Waals surface area contributed by atoms with Crippen LogP contribution >= 0.6 is 0 Å². The Hall–Kier alpha value is -3.51. The Morgan fingerprint density at radius 2 is 1.96 bits per heavy atom. The lowest BCUT2D eigenvalue weighted by Gasteiger charge is -2.12. The minimum atomic E-state index is -0.646. The van der Waals surface area contributed by atoms with E-state index in [0.29, 0.717) is 11.3 Å². The zero-order chi connectivity index (χ0) is 17.0. The zero-order valence-corrected chi connectivity index (χ0v) is 11.7. The Balaban J connectivity index is 2.59. The van der Waals surface area contributed by atoms with Crippen LogP contribution in [0, 0.1) is 21.4 Å². The fourth-order valence-corrected chi connectivity index (χ4v) is 2.02. The van der Waals surface area contributed by atoms with E-state index in [1.165, 1.54) is 36.4 Å². The number of nitrogens with two attached hydrogens (primary N) is 1. The first-order chi connectivity index (χ1) is 11.0. The molecule has 0 radical (unpaired) electrons. The number of pyridine rings is 1. The minimum Gasteiger partial charge on any atom is -0.298 e. The third-order valence-electron chi connectivity index (χ3n) is 3.13. The number of nitrogens with zero attached hydrogens (tertiary/aromatic N) is 3. The van der Waals surface area contributed by atoms with Crippen LogP contribution in [0.25, 0.3) is 11.3 Å². The summed E-state index contributed by atoms with van der Waals surface area (Å²) in [6, 6.07) is 10.0. The summed E-state index contributed by atoms with van der Waals surface area (Å²) in [7, 11) is 0. The minimum absolute atomic E-state index is 0.101. The molecule has 0 saturated heterocycles. The molecule has 3 N–H and O–H groups in total. The summed E-state index contributed by atoms with van der Waals surface area (Å²) >= 11 is 0. The van der Waals surface area contributed by atoms with Crippen LogP contribution in [0.5, 0.6) is 0 Å². The monoisotopic (exact) mass is 313 g/mol. The first-order valence-electron chi connectivity index (χ1n) is 6.36. The molecular weight excluding hydrogens is 302 g/mol. The van der Waals surface area contributed by atoms with E-state index in [-0.39, 0.29) is 17.8 Å². The Bertz CT molecular complexity index is 864. The van der Waals surface area contributed by atoms with Crippen LogP contribution < -0.4 is 16.8 Å². The van der Waals surface area contributed by atoms with Gasteiger partial charge in [-0.05, 0) is 29.8 Å². The maximum atomic E-state index is 12.2. The van der Waals surface area contributed by atoms with E-state index in [1.54, 1.807) is 6.07 Å². The van der Waals surface area contributed by atoms with Crippen molar-refractivity contribution in [3.63, 3.8) is 0 Å². The standard InChI is InChI=1S/C14H11N5O4/c15-7-10-3-6-12(18(14(10)21)8-13(20)17-16)9-1-4-11(5-2-9)19(22)23/h1-6H,8,16H2,(H,17,20). The number of amides is 1. The van der Waals surface area contributed by atoms with Crippen molar-refractivity contribution in [2.75, 3.05) is 0 Å². The van der Waals surface area contributed by atoms with Crippen molar-refractivity contribution < 1.29 is 9.72 Å². The lowest BCUT2D eigenvalue weighted by molar-refractivity contribution is -0.384. The number of hydrogen-bond donors (Lipinski definition) is 2. The molecule has 0 bridgehead atoms. The number of hydrogen-bond acceptors (Lipinski definition) is 6. The van der Waals surface area contributed by atoms with Crippen LogP contribution in [-0.2, 0) is 11.3 Å². The van der Waals surface area contributed by atoms with Gasteiger partial charge in [0.25, 0.3) is 17.2 Å². The van der Waals surface area contributed by atoms with Crippen LogP contribution in [0.1, 0.15) is 5.56 Å². The molecule has 1 amide bonds. The average Bonchev–Trinajstić information content (AvgIpc) is 2.56. The molecule has 0 spiro atoms. The summed E-state index contributed by atoms with van der Waals surface area (Å²) in [6.07, 6.45) is 0. The first-order valence-corrected chi connectivity index (χ1v) is 6.36. The highest BCUT2D eigenvalue weighted by Gasteiger charge is 2.14. The summed E-state index contributed by atoms with van der Waals surface area (Å²) in [5.41, 5.74) is 1.87. The molecule has 2 aromatic rings. The summed E-state index contributed by atoms with van der Waals surface area (Å²) in [5.74, 6) is 4.41. The lowest BCUT2D eigenvalue weighted by atomic mass is 10.1. The van der Waals surface area contributed by atoms with E-state index in [2.05, 4.69) is 0 Å². The molecule has 0 aliphatic heterocycles. The van der Waals surface area contributed by atoms with Crippen molar-refractivity contribution in [1.29, 1.82) is 5.26 Å². The van der Waals surface area contributed by atoms with Gasteiger partial charge in [0.15, 0.2) is 0 Å². The average molecular weight is 313 g/mol. The molecular formula is C14H11N5O4. The lowest BCUT2D eigenvalue weighted by Crippen LogP contribution is -2.37. The van der Waals surface area contributed by atoms with Gasteiger partial charge in [0.2, 0.25) is 0 Å². The van der Waals surface area contributed by atoms with Gasteiger partial charge >= 0.3 is 0 Å². The Kier molecular flexibility index (Phi) is 4.49. The van der Waals surface area contributed by atoms with Gasteiger partial charge in [-0.3, -0.25) is 29.7 Å². The molecule has 1 aromatic carbocycles. The van der Waals surface area contributed by atoms with Gasteiger partial charge in [-0.2, -0.15) is 5.26 Å². The summed E-state index contributed by atoms with van der Waals surface area (Å²) in [5, 5.41) is 19.6. The Morgan fingerprint density at radius 1 is 1.30 bits per heavy atom. The first kappa shape index (κ1) is 15.9. The van der Waals surface area contributed by atoms with Crippen molar-refractivity contribution in [1.82, 2.24) is 9.99 Å². The second-order valence-corrected chi connectivity index (χ2v) is 4.51. The molecule has 1 aromatic heterocycles. The largest absolute Gasteiger partial charge is 0.298 e. The van der Waals surface area contributed by atoms with Crippen LogP contribution in [0.3, 0.4) is 0 Å². The van der Waals surface area contributed by atoms with Crippen molar-refractivity contribution in [3.8, 4) is 17.3 Å². The van der Waals surface area contributed by atoms with E-state index in [0.717, 1.165) is 4.57 Å². The molecule has 0 unspecified atom stereocenters. The van der Waals surface area contributed by atoms with E-state index in [1.807, 2.05) is 5.43 Å². The van der Waals surface area contributed by atoms with Gasteiger partial charge in [-0.15, -0.1) is 0 Å². The van der Waals surface area contributed by atoms with E-state index in [4.69, 9.17) is 11.1 Å². The molecule has 116 valence electrons. The molecule has 9 nitrogen and oxygen atoms in total. The highest BCUT2D eigenvalue weighted by Crippen LogP contribution is 2.21. The predicted octanol–water partition coefficient (Wildman–Crippen LogP) is 0.285. The summed E-state index contributed by atoms with van der Waals surface area (Å²) < 4.78 is 1.09. The molecule has 2 rings (SSSR count). The van der Waals surface area contributed by atoms with Crippen LogP contribution in [0.15, 0.2) is 41.2 Å². The van der Waals surface area contributed by atoms with Crippen LogP contribution in [-0.4, -0.2) is 15.4 Å². The van der Waals surface area contributed by atoms with Crippen LogP contribution in [0.4, 0.5) is 5.69 Å².